The van der Waals surface area contributed by atoms with Crippen molar-refractivity contribution in [2.24, 2.45) is 0 Å². The molecule has 122 valence electrons. The van der Waals surface area contributed by atoms with Gasteiger partial charge in [-0.1, -0.05) is 67.6 Å². The van der Waals surface area contributed by atoms with Crippen molar-refractivity contribution in [1.82, 2.24) is 8.96 Å². The highest BCUT2D eigenvalue weighted by atomic mass is 32.2. The Balaban J connectivity index is 1.76. The van der Waals surface area contributed by atoms with Crippen molar-refractivity contribution in [3.8, 4) is 0 Å². The average molecular weight is 336 g/mol. The van der Waals surface area contributed by atoms with E-state index < -0.39 is 0 Å². The Morgan fingerprint density at radius 2 is 1.67 bits per heavy atom. The van der Waals surface area contributed by atoms with Crippen molar-refractivity contribution < 1.29 is 0 Å². The molecule has 0 aliphatic heterocycles. The molecule has 3 rings (SSSR count). The number of aromatic nitrogens is 2. The molecule has 0 fully saturated rings. The van der Waals surface area contributed by atoms with E-state index in [1.165, 1.54) is 23.1 Å². The monoisotopic (exact) mass is 336 g/mol. The molecular formula is C20H20N2OS. The minimum Gasteiger partial charge on any atom is -0.245 e. The molecular weight excluding hydrogens is 316 g/mol. The molecule has 1 atom stereocenters. The fourth-order valence-corrected chi connectivity index (χ4v) is 3.58. The van der Waals surface area contributed by atoms with Gasteiger partial charge in [-0.3, -0.25) is 0 Å². The third-order valence-electron chi connectivity index (χ3n) is 3.94. The predicted molar refractivity (Wildman–Crippen MR) is 100 cm³/mol. The number of hydrogen-bond acceptors (Lipinski definition) is 3. The van der Waals surface area contributed by atoms with Gasteiger partial charge in [0.2, 0.25) is 0 Å². The highest BCUT2D eigenvalue weighted by Crippen LogP contribution is 2.21. The maximum absolute atomic E-state index is 12.2. The van der Waals surface area contributed by atoms with Crippen LogP contribution < -0.4 is 5.69 Å². The lowest BCUT2D eigenvalue weighted by Crippen LogP contribution is -2.22. The van der Waals surface area contributed by atoms with E-state index in [1.54, 1.807) is 10.2 Å². The highest BCUT2D eigenvalue weighted by Gasteiger charge is 2.10. The second-order valence-electron chi connectivity index (χ2n) is 5.78. The fraction of sp³-hybridized carbons (Fsp3) is 0.200. The van der Waals surface area contributed by atoms with Crippen LogP contribution in [0, 0.1) is 0 Å². The first-order chi connectivity index (χ1) is 11.7. The van der Waals surface area contributed by atoms with E-state index >= 15 is 0 Å². The van der Waals surface area contributed by atoms with E-state index in [1.807, 2.05) is 42.5 Å². The molecule has 0 saturated heterocycles. The molecule has 1 unspecified atom stereocenters. The van der Waals surface area contributed by atoms with Gasteiger partial charge in [0.05, 0.1) is 0 Å². The lowest BCUT2D eigenvalue weighted by molar-refractivity contribution is 0.865. The summed E-state index contributed by atoms with van der Waals surface area (Å²) in [5, 5.41) is 0. The topological polar surface area (TPSA) is 34.9 Å². The van der Waals surface area contributed by atoms with Crippen LogP contribution in [-0.4, -0.2) is 14.7 Å². The molecule has 3 aromatic rings. The predicted octanol–water partition coefficient (Wildman–Crippen LogP) is 4.13. The van der Waals surface area contributed by atoms with Crippen LogP contribution in [0.2, 0.25) is 0 Å². The van der Waals surface area contributed by atoms with Gasteiger partial charge in [0.1, 0.15) is 0 Å². The van der Waals surface area contributed by atoms with E-state index in [0.29, 0.717) is 5.92 Å². The van der Waals surface area contributed by atoms with E-state index in [9.17, 15) is 4.79 Å². The first kappa shape index (κ1) is 16.5. The number of nitrogens with zero attached hydrogens (tertiary/aromatic N) is 2. The first-order valence-electron chi connectivity index (χ1n) is 8.03. The van der Waals surface area contributed by atoms with Crippen molar-refractivity contribution in [3.63, 3.8) is 0 Å². The van der Waals surface area contributed by atoms with Crippen LogP contribution in [0.3, 0.4) is 0 Å². The summed E-state index contributed by atoms with van der Waals surface area (Å²) in [5.74, 6) is 1.20. The normalized spacial score (nSPS) is 12.0. The number of benzene rings is 2. The summed E-state index contributed by atoms with van der Waals surface area (Å²) >= 11 is 1.54. The van der Waals surface area contributed by atoms with Crippen LogP contribution in [0.5, 0.6) is 0 Å². The van der Waals surface area contributed by atoms with Gasteiger partial charge in [-0.05, 0) is 35.1 Å². The van der Waals surface area contributed by atoms with Gasteiger partial charge in [-0.25, -0.2) is 13.8 Å². The lowest BCUT2D eigenvalue weighted by atomic mass is 10.0. The molecule has 0 saturated carbocycles. The highest BCUT2D eigenvalue weighted by molar-refractivity contribution is 7.97. The Morgan fingerprint density at radius 3 is 2.38 bits per heavy atom. The molecule has 1 heterocycles. The summed E-state index contributed by atoms with van der Waals surface area (Å²) < 4.78 is 1.73. The minimum absolute atomic E-state index is 0.200. The average Bonchev–Trinajstić information content (AvgIpc) is 2.62. The van der Waals surface area contributed by atoms with E-state index in [2.05, 4.69) is 36.2 Å². The zero-order valence-electron chi connectivity index (χ0n) is 13.6. The molecule has 0 aliphatic rings. The first-order valence-corrected chi connectivity index (χ1v) is 8.97. The van der Waals surface area contributed by atoms with Gasteiger partial charge in [-0.15, -0.1) is 0 Å². The molecule has 0 bridgehead atoms. The van der Waals surface area contributed by atoms with Crippen molar-refractivity contribution in [1.29, 1.82) is 0 Å². The molecule has 1 aromatic heterocycles. The molecule has 4 heteroatoms. The Labute approximate surface area is 146 Å². The van der Waals surface area contributed by atoms with E-state index in [-0.39, 0.29) is 5.69 Å². The molecule has 0 radical (unpaired) electrons. The van der Waals surface area contributed by atoms with Crippen LogP contribution in [-0.2, 0) is 6.42 Å². The smallest absolute Gasteiger partial charge is 0.245 e. The van der Waals surface area contributed by atoms with Crippen molar-refractivity contribution >= 4 is 11.9 Å². The summed E-state index contributed by atoms with van der Waals surface area (Å²) in [6.45, 7) is 2.18. The molecule has 0 aliphatic carbocycles. The Hall–Kier alpha value is -2.33. The van der Waals surface area contributed by atoms with Gasteiger partial charge in [0, 0.05) is 24.1 Å². The van der Waals surface area contributed by atoms with Crippen LogP contribution in [0.25, 0.3) is 0 Å². The third-order valence-corrected chi connectivity index (χ3v) is 5.23. The zero-order chi connectivity index (χ0) is 16.8. The minimum atomic E-state index is -0.200. The molecule has 0 spiro atoms. The Morgan fingerprint density at radius 1 is 1.00 bits per heavy atom. The summed E-state index contributed by atoms with van der Waals surface area (Å²) in [6, 6.07) is 22.5. The summed E-state index contributed by atoms with van der Waals surface area (Å²) in [4.78, 5) is 16.1. The van der Waals surface area contributed by atoms with Crippen molar-refractivity contribution in [2.45, 2.75) is 19.3 Å². The van der Waals surface area contributed by atoms with E-state index in [4.69, 9.17) is 0 Å². The number of rotatable bonds is 6. The van der Waals surface area contributed by atoms with Gasteiger partial charge < -0.3 is 0 Å². The van der Waals surface area contributed by atoms with Gasteiger partial charge in [0.25, 0.3) is 0 Å². The fourth-order valence-electron chi connectivity index (χ4n) is 2.57. The summed E-state index contributed by atoms with van der Waals surface area (Å²) in [7, 11) is 0. The second kappa shape index (κ2) is 7.97. The van der Waals surface area contributed by atoms with Crippen molar-refractivity contribution in [2.75, 3.05) is 5.75 Å². The number of hydrogen-bond donors (Lipinski definition) is 0. The molecule has 3 nitrogen and oxygen atoms in total. The van der Waals surface area contributed by atoms with Crippen LogP contribution in [0.15, 0.2) is 77.7 Å². The quantitative estimate of drug-likeness (QED) is 0.679. The second-order valence-corrected chi connectivity index (χ2v) is 6.74. The summed E-state index contributed by atoms with van der Waals surface area (Å²) in [5.41, 5.74) is 3.25. The van der Waals surface area contributed by atoms with Crippen molar-refractivity contribution in [3.05, 3.63) is 100 Å². The molecule has 24 heavy (non-hydrogen) atoms. The standard InChI is InChI=1S/C20H20N2OS/c1-16(18-10-6-3-7-11-18)15-24-22-19(12-13-21-20(22)23)14-17-8-4-2-5-9-17/h2-13,16H,14-15H2,1H3. The third kappa shape index (κ3) is 4.15. The molecule has 0 amide bonds. The van der Waals surface area contributed by atoms with Crippen LogP contribution in [0.4, 0.5) is 0 Å². The van der Waals surface area contributed by atoms with Gasteiger partial charge >= 0.3 is 5.69 Å². The molecule has 0 N–H and O–H groups in total. The SMILES string of the molecule is CC(CSn1c(Cc2ccccc2)ccnc1=O)c1ccccc1. The van der Waals surface area contributed by atoms with Gasteiger partial charge in [-0.2, -0.15) is 0 Å². The Kier molecular flexibility index (Phi) is 5.49. The van der Waals surface area contributed by atoms with Crippen LogP contribution in [0.1, 0.15) is 29.7 Å². The maximum Gasteiger partial charge on any atom is 0.357 e. The van der Waals surface area contributed by atoms with Crippen LogP contribution >= 0.6 is 11.9 Å². The maximum atomic E-state index is 12.2. The molecule has 2 aromatic carbocycles. The van der Waals surface area contributed by atoms with E-state index in [0.717, 1.165) is 17.9 Å². The lowest BCUT2D eigenvalue weighted by Gasteiger charge is -2.15. The van der Waals surface area contributed by atoms with Gasteiger partial charge in [0.15, 0.2) is 0 Å². The summed E-state index contributed by atoms with van der Waals surface area (Å²) in [6.07, 6.45) is 2.32. The largest absolute Gasteiger partial charge is 0.357 e. The Bertz CT molecular complexity index is 831. The zero-order valence-corrected chi connectivity index (χ0v) is 14.4.